The molecule has 0 saturated heterocycles. The van der Waals surface area contributed by atoms with Crippen molar-refractivity contribution in [3.05, 3.63) is 17.0 Å². The van der Waals surface area contributed by atoms with Gasteiger partial charge in [0.15, 0.2) is 0 Å². The van der Waals surface area contributed by atoms with Crippen molar-refractivity contribution in [3.8, 4) is 0 Å². The summed E-state index contributed by atoms with van der Waals surface area (Å²) in [5.41, 5.74) is 1.39. The van der Waals surface area contributed by atoms with E-state index in [1.165, 1.54) is 49.9 Å². The van der Waals surface area contributed by atoms with E-state index in [-0.39, 0.29) is 0 Å². The smallest absolute Gasteiger partial charge is 0.250 e. The third kappa shape index (κ3) is 3.18. The minimum absolute atomic E-state index is 0.306. The molecule has 0 bridgehead atoms. The Labute approximate surface area is 130 Å². The fourth-order valence-electron chi connectivity index (χ4n) is 3.03. The van der Waals surface area contributed by atoms with E-state index < -0.39 is 10.0 Å². The Morgan fingerprint density at radius 3 is 2.62 bits per heavy atom. The Morgan fingerprint density at radius 2 is 2.00 bits per heavy atom. The van der Waals surface area contributed by atoms with Crippen molar-refractivity contribution in [3.63, 3.8) is 0 Å². The fraction of sp³-hybridized carbons (Fsp3) is 0.733. The van der Waals surface area contributed by atoms with Crippen molar-refractivity contribution >= 4 is 21.4 Å². The average Bonchev–Trinajstić information content (AvgIpc) is 3.31. The summed E-state index contributed by atoms with van der Waals surface area (Å²) in [6.45, 7) is 1.41. The molecule has 0 aliphatic heterocycles. The molecule has 4 nitrogen and oxygen atoms in total. The van der Waals surface area contributed by atoms with Crippen molar-refractivity contribution < 1.29 is 8.42 Å². The highest BCUT2D eigenvalue weighted by Crippen LogP contribution is 2.60. The first-order valence-electron chi connectivity index (χ1n) is 7.88. The molecule has 0 atom stereocenters. The molecule has 1 heterocycles. The van der Waals surface area contributed by atoms with Gasteiger partial charge in [0.1, 0.15) is 4.21 Å². The SMILES string of the molecule is O=S(=O)(NCC1(C2CC2)CC1)c1cc(CNC2CC2)cs1. The lowest BCUT2D eigenvalue weighted by Gasteiger charge is -2.14. The van der Waals surface area contributed by atoms with Crippen LogP contribution in [-0.2, 0) is 16.6 Å². The van der Waals surface area contributed by atoms with Gasteiger partial charge in [0.2, 0.25) is 10.0 Å². The van der Waals surface area contributed by atoms with Crippen LogP contribution in [0.15, 0.2) is 15.7 Å². The summed E-state index contributed by atoms with van der Waals surface area (Å²) in [6, 6.07) is 2.47. The molecule has 0 radical (unpaired) electrons. The van der Waals surface area contributed by atoms with Crippen LogP contribution in [0.5, 0.6) is 0 Å². The molecule has 0 spiro atoms. The van der Waals surface area contributed by atoms with Gasteiger partial charge >= 0.3 is 0 Å². The van der Waals surface area contributed by atoms with Gasteiger partial charge in [-0.15, -0.1) is 11.3 Å². The molecule has 0 unspecified atom stereocenters. The average molecular weight is 326 g/mol. The number of nitrogens with one attached hydrogen (secondary N) is 2. The lowest BCUT2D eigenvalue weighted by atomic mass is 10.0. The molecule has 3 fully saturated rings. The molecule has 0 amide bonds. The van der Waals surface area contributed by atoms with Crippen molar-refractivity contribution in [1.82, 2.24) is 10.0 Å². The van der Waals surface area contributed by atoms with Gasteiger partial charge in [-0.3, -0.25) is 0 Å². The second-order valence-electron chi connectivity index (χ2n) is 6.89. The van der Waals surface area contributed by atoms with Crippen LogP contribution >= 0.6 is 11.3 Å². The maximum Gasteiger partial charge on any atom is 0.250 e. The first kappa shape index (κ1) is 14.2. The van der Waals surface area contributed by atoms with E-state index in [2.05, 4.69) is 10.0 Å². The Hall–Kier alpha value is -0.430. The normalized spacial score (nSPS) is 24.2. The molecule has 1 aromatic heterocycles. The Bertz CT molecular complexity index is 626. The highest BCUT2D eigenvalue weighted by Gasteiger charge is 2.53. The number of hydrogen-bond acceptors (Lipinski definition) is 4. The summed E-state index contributed by atoms with van der Waals surface area (Å²) >= 11 is 1.33. The second kappa shape index (κ2) is 5.05. The van der Waals surface area contributed by atoms with Crippen LogP contribution < -0.4 is 10.0 Å². The van der Waals surface area contributed by atoms with Gasteiger partial charge in [-0.25, -0.2) is 13.1 Å². The second-order valence-corrected chi connectivity index (χ2v) is 9.80. The lowest BCUT2D eigenvalue weighted by molar-refractivity contribution is 0.432. The quantitative estimate of drug-likeness (QED) is 0.771. The van der Waals surface area contributed by atoms with E-state index in [0.29, 0.717) is 22.2 Å². The monoisotopic (exact) mass is 326 g/mol. The van der Waals surface area contributed by atoms with Crippen LogP contribution in [0.1, 0.15) is 44.1 Å². The van der Waals surface area contributed by atoms with Gasteiger partial charge in [-0.05, 0) is 66.9 Å². The first-order valence-corrected chi connectivity index (χ1v) is 10.2. The Kier molecular flexibility index (Phi) is 3.41. The van der Waals surface area contributed by atoms with E-state index in [9.17, 15) is 8.42 Å². The van der Waals surface area contributed by atoms with Crippen molar-refractivity contribution in [2.24, 2.45) is 11.3 Å². The Balaban J connectivity index is 1.36. The molecule has 4 rings (SSSR count). The molecule has 3 saturated carbocycles. The standard InChI is InChI=1S/C15H22N2O2S2/c18-21(19,17-10-15(5-6-15)12-1-2-12)14-7-11(9-20-14)8-16-13-3-4-13/h7,9,12-13,16-17H,1-6,8,10H2. The molecule has 2 N–H and O–H groups in total. The van der Waals surface area contributed by atoms with Crippen LogP contribution in [-0.4, -0.2) is 21.0 Å². The van der Waals surface area contributed by atoms with Gasteiger partial charge in [-0.2, -0.15) is 0 Å². The highest BCUT2D eigenvalue weighted by molar-refractivity contribution is 7.91. The van der Waals surface area contributed by atoms with Gasteiger partial charge in [0, 0.05) is 19.1 Å². The van der Waals surface area contributed by atoms with E-state index >= 15 is 0 Å². The van der Waals surface area contributed by atoms with E-state index in [0.717, 1.165) is 18.0 Å². The Morgan fingerprint density at radius 1 is 1.24 bits per heavy atom. The third-order valence-corrected chi connectivity index (χ3v) is 7.91. The zero-order valence-electron chi connectivity index (χ0n) is 12.1. The van der Waals surface area contributed by atoms with Crippen LogP contribution in [0, 0.1) is 11.3 Å². The summed E-state index contributed by atoms with van der Waals surface area (Å²) in [5, 5.41) is 5.37. The minimum atomic E-state index is -3.32. The number of thiophene rings is 1. The molecular weight excluding hydrogens is 304 g/mol. The summed E-state index contributed by atoms with van der Waals surface area (Å²) in [5.74, 6) is 0.779. The number of rotatable bonds is 8. The predicted molar refractivity (Wildman–Crippen MR) is 83.8 cm³/mol. The maximum atomic E-state index is 12.4. The van der Waals surface area contributed by atoms with E-state index in [4.69, 9.17) is 0 Å². The molecule has 3 aliphatic rings. The fourth-order valence-corrected chi connectivity index (χ4v) is 5.42. The van der Waals surface area contributed by atoms with Crippen LogP contribution in [0.25, 0.3) is 0 Å². The van der Waals surface area contributed by atoms with E-state index in [1.807, 2.05) is 11.4 Å². The summed E-state index contributed by atoms with van der Waals surface area (Å²) < 4.78 is 28.1. The molecule has 116 valence electrons. The molecule has 1 aromatic rings. The molecule has 6 heteroatoms. The summed E-state index contributed by atoms with van der Waals surface area (Å²) in [4.78, 5) is 0. The van der Waals surface area contributed by atoms with Gasteiger partial charge < -0.3 is 5.32 Å². The van der Waals surface area contributed by atoms with Gasteiger partial charge in [0.25, 0.3) is 0 Å². The van der Waals surface area contributed by atoms with Gasteiger partial charge in [-0.1, -0.05) is 0 Å². The number of sulfonamides is 1. The van der Waals surface area contributed by atoms with E-state index in [1.54, 1.807) is 0 Å². The largest absolute Gasteiger partial charge is 0.310 e. The maximum absolute atomic E-state index is 12.4. The zero-order valence-corrected chi connectivity index (χ0v) is 13.7. The summed E-state index contributed by atoms with van der Waals surface area (Å²) in [7, 11) is -3.32. The van der Waals surface area contributed by atoms with Crippen molar-refractivity contribution in [2.75, 3.05) is 6.54 Å². The van der Waals surface area contributed by atoms with Crippen molar-refractivity contribution in [2.45, 2.75) is 55.3 Å². The minimum Gasteiger partial charge on any atom is -0.310 e. The van der Waals surface area contributed by atoms with Crippen LogP contribution in [0.2, 0.25) is 0 Å². The van der Waals surface area contributed by atoms with Crippen LogP contribution in [0.4, 0.5) is 0 Å². The van der Waals surface area contributed by atoms with Crippen molar-refractivity contribution in [1.29, 1.82) is 0 Å². The third-order valence-electron chi connectivity index (χ3n) is 5.02. The highest BCUT2D eigenvalue weighted by atomic mass is 32.2. The molecule has 0 aromatic carbocycles. The topological polar surface area (TPSA) is 58.2 Å². The lowest BCUT2D eigenvalue weighted by Crippen LogP contribution is -2.30. The van der Waals surface area contributed by atoms with Crippen LogP contribution in [0.3, 0.4) is 0 Å². The predicted octanol–water partition coefficient (Wildman–Crippen LogP) is 2.47. The zero-order chi connectivity index (χ0) is 14.5. The summed E-state index contributed by atoms with van der Waals surface area (Å²) in [6.07, 6.45) is 7.47. The molecule has 21 heavy (non-hydrogen) atoms. The van der Waals surface area contributed by atoms with Gasteiger partial charge in [0.05, 0.1) is 0 Å². The molecule has 3 aliphatic carbocycles. The number of hydrogen-bond donors (Lipinski definition) is 2. The first-order chi connectivity index (χ1) is 10.1. The molecular formula is C15H22N2O2S2.